The number of aryl methyl sites for hydroxylation is 2. The number of likely N-dealkylation sites (tertiary alicyclic amines) is 1. The first kappa shape index (κ1) is 18.0. The van der Waals surface area contributed by atoms with Gasteiger partial charge in [-0.05, 0) is 45.4 Å². The first-order chi connectivity index (χ1) is 13.0. The van der Waals surface area contributed by atoms with Crippen LogP contribution in [0.25, 0.3) is 0 Å². The zero-order chi connectivity index (χ0) is 19.0. The third-order valence-electron chi connectivity index (χ3n) is 5.71. The maximum absolute atomic E-state index is 13.0. The average molecular weight is 368 g/mol. The van der Waals surface area contributed by atoms with Crippen molar-refractivity contribution in [1.82, 2.24) is 24.6 Å². The molecule has 3 heterocycles. The summed E-state index contributed by atoms with van der Waals surface area (Å²) in [7, 11) is 2.14. The Bertz CT molecular complexity index is 845. The highest BCUT2D eigenvalue weighted by molar-refractivity contribution is 5.90. The molecule has 27 heavy (non-hydrogen) atoms. The number of anilines is 1. The van der Waals surface area contributed by atoms with Crippen molar-refractivity contribution in [3.8, 4) is 0 Å². The summed E-state index contributed by atoms with van der Waals surface area (Å²) >= 11 is 0. The summed E-state index contributed by atoms with van der Waals surface area (Å²) in [6, 6.07) is 6.05. The summed E-state index contributed by atoms with van der Waals surface area (Å²) in [5.74, 6) is 1.98. The van der Waals surface area contributed by atoms with E-state index in [-0.39, 0.29) is 12.1 Å². The SMILES string of the molecule is Cc1ccc(NC(=O)N2CCCC2c2nnc3n2CCN(C)CC3)c(C)c1. The van der Waals surface area contributed by atoms with Gasteiger partial charge in [0.05, 0.1) is 6.04 Å². The number of amides is 2. The van der Waals surface area contributed by atoms with E-state index in [9.17, 15) is 4.79 Å². The number of fused-ring (bicyclic) bond motifs is 1. The molecule has 1 fully saturated rings. The summed E-state index contributed by atoms with van der Waals surface area (Å²) in [6.45, 7) is 7.71. The van der Waals surface area contributed by atoms with Crippen LogP contribution in [0, 0.1) is 13.8 Å². The second kappa shape index (κ2) is 7.31. The Morgan fingerprint density at radius 1 is 1.15 bits per heavy atom. The van der Waals surface area contributed by atoms with Crippen molar-refractivity contribution in [1.29, 1.82) is 0 Å². The summed E-state index contributed by atoms with van der Waals surface area (Å²) in [5, 5.41) is 12.0. The fourth-order valence-corrected chi connectivity index (χ4v) is 4.12. The number of carbonyl (C=O) groups excluding carboxylic acids is 1. The van der Waals surface area contributed by atoms with Crippen molar-refractivity contribution in [2.45, 2.75) is 45.7 Å². The highest BCUT2D eigenvalue weighted by Crippen LogP contribution is 2.32. The van der Waals surface area contributed by atoms with Gasteiger partial charge in [-0.3, -0.25) is 0 Å². The van der Waals surface area contributed by atoms with Crippen LogP contribution < -0.4 is 5.32 Å². The Labute approximate surface area is 160 Å². The van der Waals surface area contributed by atoms with Crippen molar-refractivity contribution in [3.63, 3.8) is 0 Å². The van der Waals surface area contributed by atoms with Gasteiger partial charge in [-0.25, -0.2) is 4.79 Å². The number of aromatic nitrogens is 3. The van der Waals surface area contributed by atoms with E-state index in [4.69, 9.17) is 0 Å². The fraction of sp³-hybridized carbons (Fsp3) is 0.550. The number of carbonyl (C=O) groups is 1. The average Bonchev–Trinajstić information content (AvgIpc) is 3.22. The van der Waals surface area contributed by atoms with Crippen molar-refractivity contribution in [2.24, 2.45) is 0 Å². The lowest BCUT2D eigenvalue weighted by Gasteiger charge is -2.25. The van der Waals surface area contributed by atoms with Crippen molar-refractivity contribution in [3.05, 3.63) is 41.0 Å². The second-order valence-electron chi connectivity index (χ2n) is 7.78. The predicted octanol–water partition coefficient (Wildman–Crippen LogP) is 2.75. The zero-order valence-electron chi connectivity index (χ0n) is 16.4. The van der Waals surface area contributed by atoms with Gasteiger partial charge in [-0.2, -0.15) is 0 Å². The van der Waals surface area contributed by atoms with E-state index in [1.54, 1.807) is 0 Å². The van der Waals surface area contributed by atoms with Gasteiger partial charge in [-0.15, -0.1) is 10.2 Å². The highest BCUT2D eigenvalue weighted by Gasteiger charge is 2.34. The number of benzene rings is 1. The van der Waals surface area contributed by atoms with Crippen molar-refractivity contribution >= 4 is 11.7 Å². The van der Waals surface area contributed by atoms with Gasteiger partial charge >= 0.3 is 6.03 Å². The molecular formula is C20H28N6O. The smallest absolute Gasteiger partial charge is 0.314 e. The van der Waals surface area contributed by atoms with Crippen LogP contribution in [0.5, 0.6) is 0 Å². The number of likely N-dealkylation sites (N-methyl/N-ethyl adjacent to an activating group) is 1. The quantitative estimate of drug-likeness (QED) is 0.885. The van der Waals surface area contributed by atoms with Gasteiger partial charge in [0.1, 0.15) is 5.82 Å². The van der Waals surface area contributed by atoms with E-state index in [1.807, 2.05) is 24.0 Å². The molecule has 2 aliphatic rings. The molecule has 1 unspecified atom stereocenters. The third kappa shape index (κ3) is 3.56. The monoisotopic (exact) mass is 368 g/mol. The summed E-state index contributed by atoms with van der Waals surface area (Å²) < 4.78 is 2.23. The molecule has 7 heteroatoms. The largest absolute Gasteiger partial charge is 0.322 e. The fourth-order valence-electron chi connectivity index (χ4n) is 4.12. The topological polar surface area (TPSA) is 66.3 Å². The Morgan fingerprint density at radius 2 is 2.00 bits per heavy atom. The molecule has 1 aromatic carbocycles. The second-order valence-corrected chi connectivity index (χ2v) is 7.78. The van der Waals surface area contributed by atoms with Crippen LogP contribution in [0.4, 0.5) is 10.5 Å². The molecule has 4 rings (SSSR count). The van der Waals surface area contributed by atoms with Crippen LogP contribution in [-0.2, 0) is 13.0 Å². The molecule has 1 saturated heterocycles. The molecule has 1 aromatic heterocycles. The number of hydrogen-bond acceptors (Lipinski definition) is 4. The molecule has 0 spiro atoms. The first-order valence-corrected chi connectivity index (χ1v) is 9.78. The van der Waals surface area contributed by atoms with Crippen molar-refractivity contribution in [2.75, 3.05) is 32.0 Å². The Morgan fingerprint density at radius 3 is 2.81 bits per heavy atom. The molecule has 2 amide bonds. The molecule has 144 valence electrons. The molecule has 0 aliphatic carbocycles. The molecule has 1 atom stereocenters. The number of nitrogens with zero attached hydrogens (tertiary/aromatic N) is 5. The van der Waals surface area contributed by atoms with Crippen LogP contribution in [0.2, 0.25) is 0 Å². The third-order valence-corrected chi connectivity index (χ3v) is 5.71. The maximum Gasteiger partial charge on any atom is 0.322 e. The van der Waals surface area contributed by atoms with E-state index >= 15 is 0 Å². The van der Waals surface area contributed by atoms with E-state index in [1.165, 1.54) is 5.56 Å². The molecule has 0 radical (unpaired) electrons. The number of hydrogen-bond donors (Lipinski definition) is 1. The van der Waals surface area contributed by atoms with Gasteiger partial charge < -0.3 is 19.7 Å². The number of nitrogens with one attached hydrogen (secondary N) is 1. The first-order valence-electron chi connectivity index (χ1n) is 9.78. The number of urea groups is 1. The van der Waals surface area contributed by atoms with E-state index in [2.05, 4.69) is 45.0 Å². The minimum atomic E-state index is -0.0486. The minimum Gasteiger partial charge on any atom is -0.314 e. The molecular weight excluding hydrogens is 340 g/mol. The Hall–Kier alpha value is -2.41. The van der Waals surface area contributed by atoms with Gasteiger partial charge in [0.2, 0.25) is 0 Å². The summed E-state index contributed by atoms with van der Waals surface area (Å²) in [4.78, 5) is 17.2. The molecule has 2 aliphatic heterocycles. The summed E-state index contributed by atoms with van der Waals surface area (Å²) in [5.41, 5.74) is 3.15. The molecule has 7 nitrogen and oxygen atoms in total. The molecule has 0 saturated carbocycles. The maximum atomic E-state index is 13.0. The van der Waals surface area contributed by atoms with Crippen LogP contribution in [0.3, 0.4) is 0 Å². The Kier molecular flexibility index (Phi) is 4.86. The van der Waals surface area contributed by atoms with Crippen LogP contribution in [0.1, 0.15) is 41.7 Å². The zero-order valence-corrected chi connectivity index (χ0v) is 16.4. The summed E-state index contributed by atoms with van der Waals surface area (Å²) in [6.07, 6.45) is 2.84. The van der Waals surface area contributed by atoms with Gasteiger partial charge in [0.15, 0.2) is 5.82 Å². The van der Waals surface area contributed by atoms with Gasteiger partial charge in [0.25, 0.3) is 0 Å². The highest BCUT2D eigenvalue weighted by atomic mass is 16.2. The van der Waals surface area contributed by atoms with Crippen LogP contribution in [0.15, 0.2) is 18.2 Å². The van der Waals surface area contributed by atoms with E-state index in [0.29, 0.717) is 0 Å². The van der Waals surface area contributed by atoms with Crippen molar-refractivity contribution < 1.29 is 4.79 Å². The lowest BCUT2D eigenvalue weighted by molar-refractivity contribution is 0.203. The molecule has 0 bridgehead atoms. The molecule has 1 N–H and O–H groups in total. The standard InChI is InChI=1S/C20H28N6O/c1-14-6-7-16(15(2)13-14)21-20(27)25-9-4-5-17(25)19-23-22-18-8-10-24(3)11-12-26(18)19/h6-7,13,17H,4-5,8-12H2,1-3H3,(H,21,27). The molecule has 2 aromatic rings. The van der Waals surface area contributed by atoms with Crippen LogP contribution in [-0.4, -0.2) is 57.3 Å². The van der Waals surface area contributed by atoms with Gasteiger partial charge in [0, 0.05) is 38.3 Å². The van der Waals surface area contributed by atoms with E-state index < -0.39 is 0 Å². The lowest BCUT2D eigenvalue weighted by atomic mass is 10.1. The Balaban J connectivity index is 1.54. The lowest BCUT2D eigenvalue weighted by Crippen LogP contribution is -2.36. The minimum absolute atomic E-state index is 0.000380. The normalized spacial score (nSPS) is 20.4. The van der Waals surface area contributed by atoms with E-state index in [0.717, 1.165) is 68.3 Å². The van der Waals surface area contributed by atoms with Gasteiger partial charge in [-0.1, -0.05) is 17.7 Å². The number of rotatable bonds is 2. The van der Waals surface area contributed by atoms with Crippen LogP contribution >= 0.6 is 0 Å². The predicted molar refractivity (Wildman–Crippen MR) is 105 cm³/mol.